The first-order chi connectivity index (χ1) is 8.92. The normalized spacial score (nSPS) is 22.2. The van der Waals surface area contributed by atoms with Crippen LogP contribution in [-0.2, 0) is 4.79 Å². The molecule has 1 heterocycles. The highest BCUT2D eigenvalue weighted by molar-refractivity contribution is 6.31. The van der Waals surface area contributed by atoms with Gasteiger partial charge in [0.1, 0.15) is 5.69 Å². The molecule has 0 saturated carbocycles. The second-order valence-electron chi connectivity index (χ2n) is 4.74. The predicted molar refractivity (Wildman–Crippen MR) is 72.4 cm³/mol. The summed E-state index contributed by atoms with van der Waals surface area (Å²) in [4.78, 5) is 22.5. The Morgan fingerprint density at radius 1 is 1.58 bits per heavy atom. The van der Waals surface area contributed by atoms with Gasteiger partial charge >= 0.3 is 0 Å². The van der Waals surface area contributed by atoms with E-state index in [1.54, 1.807) is 6.92 Å². The molecule has 1 aromatic rings. The fourth-order valence-corrected chi connectivity index (χ4v) is 2.28. The maximum Gasteiger partial charge on any atom is 0.294 e. The first-order valence-electron chi connectivity index (χ1n) is 5.93. The monoisotopic (exact) mass is 283 g/mol. The second-order valence-corrected chi connectivity index (χ2v) is 5.17. The number of anilines is 1. The number of carbonyl (C=O) groups is 1. The van der Waals surface area contributed by atoms with Crippen molar-refractivity contribution in [1.82, 2.24) is 5.32 Å². The van der Waals surface area contributed by atoms with E-state index in [1.807, 2.05) is 0 Å². The molecule has 7 heteroatoms. The molecule has 19 heavy (non-hydrogen) atoms. The highest BCUT2D eigenvalue weighted by atomic mass is 35.5. The fourth-order valence-electron chi connectivity index (χ4n) is 2.11. The third-order valence-electron chi connectivity index (χ3n) is 3.27. The first-order valence-corrected chi connectivity index (χ1v) is 6.30. The predicted octanol–water partition coefficient (Wildman–Crippen LogP) is 2.33. The molecule has 0 spiro atoms. The average Bonchev–Trinajstić information content (AvgIpc) is 2.79. The molecule has 1 unspecified atom stereocenters. The Balaban J connectivity index is 2.23. The van der Waals surface area contributed by atoms with E-state index in [1.165, 1.54) is 18.2 Å². The van der Waals surface area contributed by atoms with Crippen molar-refractivity contribution in [2.75, 3.05) is 11.9 Å². The van der Waals surface area contributed by atoms with Gasteiger partial charge in [-0.2, -0.15) is 0 Å². The van der Waals surface area contributed by atoms with Crippen molar-refractivity contribution >= 4 is 28.9 Å². The summed E-state index contributed by atoms with van der Waals surface area (Å²) in [6.45, 7) is 2.56. The minimum absolute atomic E-state index is 0.161. The van der Waals surface area contributed by atoms with Crippen LogP contribution in [0.1, 0.15) is 19.8 Å². The smallest absolute Gasteiger partial charge is 0.294 e. The molecule has 0 radical (unpaired) electrons. The third-order valence-corrected chi connectivity index (χ3v) is 3.51. The number of nitrogens with one attached hydrogen (secondary N) is 2. The van der Waals surface area contributed by atoms with Crippen LogP contribution in [0.5, 0.6) is 0 Å². The maximum atomic E-state index is 12.2. The zero-order valence-electron chi connectivity index (χ0n) is 10.4. The van der Waals surface area contributed by atoms with Crippen LogP contribution in [0.25, 0.3) is 0 Å². The molecule has 0 bridgehead atoms. The Morgan fingerprint density at radius 3 is 2.89 bits per heavy atom. The van der Waals surface area contributed by atoms with Gasteiger partial charge in [0.15, 0.2) is 0 Å². The Kier molecular flexibility index (Phi) is 3.73. The number of benzene rings is 1. The van der Waals surface area contributed by atoms with Crippen molar-refractivity contribution in [2.45, 2.75) is 25.3 Å². The van der Waals surface area contributed by atoms with Crippen LogP contribution in [0.15, 0.2) is 18.2 Å². The average molecular weight is 284 g/mol. The highest BCUT2D eigenvalue weighted by Crippen LogP contribution is 2.29. The maximum absolute atomic E-state index is 12.2. The number of nitrogens with zero attached hydrogens (tertiary/aromatic N) is 1. The lowest BCUT2D eigenvalue weighted by molar-refractivity contribution is -0.383. The number of carbonyl (C=O) groups excluding carboxylic acids is 1. The van der Waals surface area contributed by atoms with Crippen molar-refractivity contribution in [3.05, 3.63) is 33.3 Å². The summed E-state index contributed by atoms with van der Waals surface area (Å²) in [7, 11) is 0. The highest BCUT2D eigenvalue weighted by Gasteiger charge is 2.36. The second kappa shape index (κ2) is 5.14. The Bertz CT molecular complexity index is 527. The van der Waals surface area contributed by atoms with E-state index in [9.17, 15) is 14.9 Å². The minimum Gasteiger partial charge on any atom is -0.319 e. The minimum atomic E-state index is -0.673. The van der Waals surface area contributed by atoms with Crippen LogP contribution in [0.2, 0.25) is 5.02 Å². The zero-order chi connectivity index (χ0) is 14.0. The molecule has 1 aromatic carbocycles. The van der Waals surface area contributed by atoms with Crippen molar-refractivity contribution in [2.24, 2.45) is 0 Å². The van der Waals surface area contributed by atoms with Gasteiger partial charge in [-0.15, -0.1) is 0 Å². The van der Waals surface area contributed by atoms with Gasteiger partial charge in [-0.05, 0) is 38.4 Å². The Hall–Kier alpha value is -1.66. The van der Waals surface area contributed by atoms with E-state index >= 15 is 0 Å². The number of nitro groups is 1. The molecule has 1 saturated heterocycles. The van der Waals surface area contributed by atoms with Gasteiger partial charge in [-0.1, -0.05) is 11.6 Å². The molecule has 0 aromatic heterocycles. The van der Waals surface area contributed by atoms with E-state index in [0.29, 0.717) is 6.42 Å². The lowest BCUT2D eigenvalue weighted by Crippen LogP contribution is -2.48. The van der Waals surface area contributed by atoms with Gasteiger partial charge in [0, 0.05) is 11.1 Å². The van der Waals surface area contributed by atoms with Crippen molar-refractivity contribution in [1.29, 1.82) is 0 Å². The molecule has 1 atom stereocenters. The lowest BCUT2D eigenvalue weighted by Gasteiger charge is -2.22. The molecular formula is C12H14ClN3O3. The fraction of sp³-hybridized carbons (Fsp3) is 0.417. The van der Waals surface area contributed by atoms with Gasteiger partial charge in [-0.3, -0.25) is 14.9 Å². The summed E-state index contributed by atoms with van der Waals surface area (Å²) in [6.07, 6.45) is 1.62. The molecule has 1 amide bonds. The number of rotatable bonds is 3. The Morgan fingerprint density at radius 2 is 2.32 bits per heavy atom. The number of nitro benzene ring substituents is 1. The molecule has 1 fully saturated rings. The molecule has 1 aliphatic heterocycles. The number of amides is 1. The largest absolute Gasteiger partial charge is 0.319 e. The number of halogens is 1. The van der Waals surface area contributed by atoms with Crippen molar-refractivity contribution in [3.8, 4) is 0 Å². The summed E-state index contributed by atoms with van der Waals surface area (Å²) in [5, 5.41) is 16.9. The first kappa shape index (κ1) is 13.8. The summed E-state index contributed by atoms with van der Waals surface area (Å²) in [5.74, 6) is -0.268. The molecule has 6 nitrogen and oxygen atoms in total. The van der Waals surface area contributed by atoms with Gasteiger partial charge in [0.05, 0.1) is 10.5 Å². The van der Waals surface area contributed by atoms with E-state index in [0.717, 1.165) is 13.0 Å². The number of hydrogen-bond donors (Lipinski definition) is 2. The van der Waals surface area contributed by atoms with Crippen LogP contribution in [0.4, 0.5) is 11.4 Å². The van der Waals surface area contributed by atoms with Gasteiger partial charge in [0.25, 0.3) is 5.69 Å². The number of hydrogen-bond acceptors (Lipinski definition) is 4. The van der Waals surface area contributed by atoms with Crippen LogP contribution < -0.4 is 10.6 Å². The molecule has 0 aliphatic carbocycles. The van der Waals surface area contributed by atoms with Crippen molar-refractivity contribution < 1.29 is 9.72 Å². The Labute approximate surface area is 115 Å². The van der Waals surface area contributed by atoms with E-state index < -0.39 is 10.5 Å². The van der Waals surface area contributed by atoms with Crippen LogP contribution in [0.3, 0.4) is 0 Å². The summed E-state index contributed by atoms with van der Waals surface area (Å²) < 4.78 is 0. The van der Waals surface area contributed by atoms with E-state index in [4.69, 9.17) is 11.6 Å². The van der Waals surface area contributed by atoms with E-state index in [2.05, 4.69) is 10.6 Å². The standard InChI is InChI=1S/C12H14ClN3O3/c1-12(5-2-6-14-12)11(17)15-9-4-3-8(13)7-10(9)16(18)19/h3-4,7,14H,2,5-6H2,1H3,(H,15,17). The van der Waals surface area contributed by atoms with Gasteiger partial charge < -0.3 is 10.6 Å². The molecular weight excluding hydrogens is 270 g/mol. The lowest BCUT2D eigenvalue weighted by atomic mass is 9.99. The third kappa shape index (κ3) is 2.85. The van der Waals surface area contributed by atoms with Crippen molar-refractivity contribution in [3.63, 3.8) is 0 Å². The van der Waals surface area contributed by atoms with Crippen LogP contribution >= 0.6 is 11.6 Å². The molecule has 2 rings (SSSR count). The quantitative estimate of drug-likeness (QED) is 0.659. The summed E-state index contributed by atoms with van der Waals surface area (Å²) in [6, 6.07) is 4.17. The molecule has 2 N–H and O–H groups in total. The molecule has 1 aliphatic rings. The topological polar surface area (TPSA) is 84.3 Å². The van der Waals surface area contributed by atoms with E-state index in [-0.39, 0.29) is 22.3 Å². The van der Waals surface area contributed by atoms with Gasteiger partial charge in [-0.25, -0.2) is 0 Å². The van der Waals surface area contributed by atoms with Crippen LogP contribution in [0, 0.1) is 10.1 Å². The zero-order valence-corrected chi connectivity index (χ0v) is 11.2. The summed E-state index contributed by atoms with van der Waals surface area (Å²) >= 11 is 5.72. The van der Waals surface area contributed by atoms with Gasteiger partial charge in [0.2, 0.25) is 5.91 Å². The SMILES string of the molecule is CC1(C(=O)Nc2ccc(Cl)cc2[N+](=O)[O-])CCCN1. The molecule has 102 valence electrons. The van der Waals surface area contributed by atoms with Crippen LogP contribution in [-0.4, -0.2) is 22.9 Å². The summed E-state index contributed by atoms with van der Waals surface area (Å²) in [5.41, 5.74) is -0.718.